The fraction of sp³-hybridized carbons (Fsp3) is 0.432. The molecule has 1 unspecified atom stereocenters. The zero-order chi connectivity index (χ0) is 36.7. The largest absolute Gasteiger partial charge is 0.472 e. The summed E-state index contributed by atoms with van der Waals surface area (Å²) in [7, 11) is -3.89. The number of benzene rings is 1. The SMILES string of the molecule is O=C(N[C@H]1CCCCC/C=C\C2C[C@@]2(C(=O)NS(=O)(=O)C2CC2)NC(=O)[C@@H]2C[C@@H](Oc3nc4ncccc4c4ccccc34)CN2C1=O)c1cncs1. The Balaban J connectivity index is 1.12. The lowest BCUT2D eigenvalue weighted by Crippen LogP contribution is -2.58. The summed E-state index contributed by atoms with van der Waals surface area (Å²) in [5.74, 6) is -2.41. The molecule has 3 fully saturated rings. The number of hydrogen-bond acceptors (Lipinski definition) is 11. The first-order chi connectivity index (χ1) is 25.6. The minimum atomic E-state index is -3.89. The van der Waals surface area contributed by atoms with Crippen LogP contribution in [0.2, 0.25) is 0 Å². The third-order valence-corrected chi connectivity index (χ3v) is 13.1. The molecule has 2 aliphatic carbocycles. The van der Waals surface area contributed by atoms with E-state index in [4.69, 9.17) is 9.72 Å². The standard InChI is InChI=1S/C37H39N7O7S2/c45-32-29-17-23(51-34-27-11-7-6-10-25(27)26-12-8-16-39-31(26)41-34)20-44(29)35(47)28(40-33(46)30-19-38-21-52-30)13-5-3-1-2-4-9-22-18-37(22,42-32)36(48)43-53(49,50)24-14-15-24/h4,6-12,16,19,21-24,28-29H,1-3,5,13-15,17-18,20H2,(H,40,46)(H,42,45)(H,43,48)/b9-4-/t22?,23-,28+,29+,37-/m1/s1. The van der Waals surface area contributed by atoms with Gasteiger partial charge in [0.05, 0.1) is 23.5 Å². The number of nitrogens with zero attached hydrogens (tertiary/aromatic N) is 4. The second-order valence-electron chi connectivity index (χ2n) is 14.2. The molecule has 5 atom stereocenters. The molecule has 16 heteroatoms. The molecular formula is C37H39N7O7S2. The van der Waals surface area contributed by atoms with Gasteiger partial charge in [-0.1, -0.05) is 43.2 Å². The van der Waals surface area contributed by atoms with Gasteiger partial charge in [-0.3, -0.25) is 28.9 Å². The van der Waals surface area contributed by atoms with E-state index in [0.717, 1.165) is 40.3 Å². The van der Waals surface area contributed by atoms with Gasteiger partial charge in [0.1, 0.15) is 28.6 Å². The van der Waals surface area contributed by atoms with Crippen LogP contribution in [-0.2, 0) is 24.4 Å². The second-order valence-corrected chi connectivity index (χ2v) is 17.1. The van der Waals surface area contributed by atoms with Crippen molar-refractivity contribution in [2.24, 2.45) is 5.92 Å². The van der Waals surface area contributed by atoms with Crippen molar-refractivity contribution in [3.8, 4) is 5.88 Å². The van der Waals surface area contributed by atoms with Crippen molar-refractivity contribution in [3.05, 3.63) is 71.3 Å². The maximum atomic E-state index is 14.5. The molecule has 4 amide bonds. The molecule has 3 aromatic heterocycles. The Kier molecular flexibility index (Phi) is 9.35. The summed E-state index contributed by atoms with van der Waals surface area (Å²) >= 11 is 1.16. The Bertz CT molecular complexity index is 2230. The maximum absolute atomic E-state index is 14.5. The first kappa shape index (κ1) is 35.1. The molecule has 276 valence electrons. The van der Waals surface area contributed by atoms with Crippen LogP contribution >= 0.6 is 11.3 Å². The maximum Gasteiger partial charge on any atom is 0.263 e. The molecule has 1 aromatic carbocycles. The molecule has 0 radical (unpaired) electrons. The van der Waals surface area contributed by atoms with Crippen molar-refractivity contribution in [1.82, 2.24) is 35.2 Å². The van der Waals surface area contributed by atoms with E-state index in [-0.39, 0.29) is 19.4 Å². The zero-order valence-electron chi connectivity index (χ0n) is 28.8. The number of amides is 4. The molecule has 2 aliphatic heterocycles. The van der Waals surface area contributed by atoms with Crippen LogP contribution in [0.15, 0.2) is 66.5 Å². The van der Waals surface area contributed by atoms with Gasteiger partial charge in [-0.15, -0.1) is 11.3 Å². The van der Waals surface area contributed by atoms with Gasteiger partial charge in [0.2, 0.25) is 27.7 Å². The molecule has 0 spiro atoms. The van der Waals surface area contributed by atoms with Gasteiger partial charge in [-0.2, -0.15) is 4.98 Å². The van der Waals surface area contributed by atoms with Crippen LogP contribution in [0.5, 0.6) is 5.88 Å². The van der Waals surface area contributed by atoms with Gasteiger partial charge >= 0.3 is 0 Å². The van der Waals surface area contributed by atoms with Gasteiger partial charge in [-0.25, -0.2) is 13.4 Å². The predicted molar refractivity (Wildman–Crippen MR) is 196 cm³/mol. The highest BCUT2D eigenvalue weighted by atomic mass is 32.2. The van der Waals surface area contributed by atoms with Crippen molar-refractivity contribution < 1.29 is 32.3 Å². The summed E-state index contributed by atoms with van der Waals surface area (Å²) in [5.41, 5.74) is 0.525. The molecule has 2 saturated carbocycles. The van der Waals surface area contributed by atoms with Crippen LogP contribution in [0.4, 0.5) is 0 Å². The fourth-order valence-electron chi connectivity index (χ4n) is 7.41. The number of rotatable bonds is 7. The Labute approximate surface area is 309 Å². The van der Waals surface area contributed by atoms with Crippen LogP contribution in [0, 0.1) is 5.92 Å². The summed E-state index contributed by atoms with van der Waals surface area (Å²) in [4.78, 5) is 70.8. The normalized spacial score (nSPS) is 27.1. The number of thiazole rings is 1. The van der Waals surface area contributed by atoms with E-state index in [9.17, 15) is 27.6 Å². The summed E-state index contributed by atoms with van der Waals surface area (Å²) < 4.78 is 34.4. The quantitative estimate of drug-likeness (QED) is 0.186. The topological polar surface area (TPSA) is 190 Å². The highest BCUT2D eigenvalue weighted by Crippen LogP contribution is 2.46. The van der Waals surface area contributed by atoms with Gasteiger partial charge in [0.15, 0.2) is 5.65 Å². The number of sulfonamides is 1. The number of carbonyl (C=O) groups excluding carboxylic acids is 4. The van der Waals surface area contributed by atoms with Crippen LogP contribution in [0.25, 0.3) is 21.8 Å². The highest BCUT2D eigenvalue weighted by molar-refractivity contribution is 7.91. The summed E-state index contributed by atoms with van der Waals surface area (Å²) in [6.45, 7) is -0.00129. The zero-order valence-corrected chi connectivity index (χ0v) is 30.4. The monoisotopic (exact) mass is 757 g/mol. The molecule has 53 heavy (non-hydrogen) atoms. The summed E-state index contributed by atoms with van der Waals surface area (Å²) in [6.07, 6.45) is 10.7. The number of carbonyl (C=O) groups is 4. The van der Waals surface area contributed by atoms with E-state index in [1.807, 2.05) is 48.6 Å². The molecule has 1 saturated heterocycles. The minimum Gasteiger partial charge on any atom is -0.472 e. The number of fused-ring (bicyclic) bond motifs is 5. The predicted octanol–water partition coefficient (Wildman–Crippen LogP) is 3.39. The van der Waals surface area contributed by atoms with Crippen molar-refractivity contribution in [2.75, 3.05) is 6.54 Å². The van der Waals surface area contributed by atoms with E-state index in [0.29, 0.717) is 48.5 Å². The Morgan fingerprint density at radius 2 is 1.83 bits per heavy atom. The lowest BCUT2D eigenvalue weighted by atomic mass is 10.0. The average Bonchev–Trinajstić information content (AvgIpc) is 4.01. The number of ether oxygens (including phenoxy) is 1. The number of nitrogens with one attached hydrogen (secondary N) is 3. The average molecular weight is 758 g/mol. The molecule has 4 aliphatic rings. The van der Waals surface area contributed by atoms with Crippen LogP contribution < -0.4 is 20.1 Å². The van der Waals surface area contributed by atoms with Gasteiger partial charge in [-0.05, 0) is 62.1 Å². The minimum absolute atomic E-state index is 0.00129. The molecule has 8 rings (SSSR count). The van der Waals surface area contributed by atoms with Crippen molar-refractivity contribution in [1.29, 1.82) is 0 Å². The second kappa shape index (κ2) is 14.1. The molecule has 14 nitrogen and oxygen atoms in total. The molecule has 3 N–H and O–H groups in total. The molecule has 4 aromatic rings. The van der Waals surface area contributed by atoms with E-state index in [1.54, 1.807) is 6.20 Å². The van der Waals surface area contributed by atoms with E-state index >= 15 is 0 Å². The van der Waals surface area contributed by atoms with E-state index < -0.39 is 68.5 Å². The molecule has 0 bridgehead atoms. The summed E-state index contributed by atoms with van der Waals surface area (Å²) in [5, 5.41) is 7.63. The van der Waals surface area contributed by atoms with Crippen molar-refractivity contribution in [3.63, 3.8) is 0 Å². The van der Waals surface area contributed by atoms with Crippen LogP contribution in [-0.4, -0.2) is 87.4 Å². The van der Waals surface area contributed by atoms with Gasteiger partial charge < -0.3 is 20.3 Å². The first-order valence-electron chi connectivity index (χ1n) is 18.0. The number of allylic oxidation sites excluding steroid dienone is 1. The highest BCUT2D eigenvalue weighted by Gasteiger charge is 2.62. The lowest BCUT2D eigenvalue weighted by molar-refractivity contribution is -0.141. The van der Waals surface area contributed by atoms with E-state index in [1.165, 1.54) is 16.6 Å². The number of hydrogen-bond donors (Lipinski definition) is 3. The Hall–Kier alpha value is -4.96. The summed E-state index contributed by atoms with van der Waals surface area (Å²) in [6, 6.07) is 9.35. The van der Waals surface area contributed by atoms with Gasteiger partial charge in [0, 0.05) is 29.3 Å². The third-order valence-electron chi connectivity index (χ3n) is 10.5. The first-order valence-corrected chi connectivity index (χ1v) is 20.4. The van der Waals surface area contributed by atoms with Crippen molar-refractivity contribution >= 4 is 66.8 Å². The van der Waals surface area contributed by atoms with Crippen molar-refractivity contribution in [2.45, 2.75) is 86.8 Å². The molecule has 5 heterocycles. The smallest absolute Gasteiger partial charge is 0.263 e. The van der Waals surface area contributed by atoms with Crippen LogP contribution in [0.3, 0.4) is 0 Å². The van der Waals surface area contributed by atoms with E-state index in [2.05, 4.69) is 25.3 Å². The number of aromatic nitrogens is 3. The fourth-order valence-corrected chi connectivity index (χ4v) is 9.30. The molecular weight excluding hydrogens is 719 g/mol. The lowest BCUT2D eigenvalue weighted by Gasteiger charge is -2.29. The number of pyridine rings is 2. The van der Waals surface area contributed by atoms with Gasteiger partial charge in [0.25, 0.3) is 11.8 Å². The van der Waals surface area contributed by atoms with Crippen LogP contribution in [0.1, 0.15) is 67.5 Å². The Morgan fingerprint density at radius 3 is 2.62 bits per heavy atom. The third kappa shape index (κ3) is 7.09. The Morgan fingerprint density at radius 1 is 1.02 bits per heavy atom.